The van der Waals surface area contributed by atoms with E-state index in [-0.39, 0.29) is 10.8 Å². The van der Waals surface area contributed by atoms with E-state index in [2.05, 4.69) is 0 Å². The van der Waals surface area contributed by atoms with Crippen LogP contribution in [0.5, 0.6) is 0 Å². The van der Waals surface area contributed by atoms with Gasteiger partial charge in [-0.25, -0.2) is 4.57 Å². The smallest absolute Gasteiger partial charge is 0.268 e. The number of rotatable bonds is 1. The first-order chi connectivity index (χ1) is 6.79. The number of aromatic nitrogens is 1. The van der Waals surface area contributed by atoms with Crippen LogP contribution in [0.1, 0.15) is 10.4 Å². The second kappa shape index (κ2) is 3.59. The molecule has 1 aromatic heterocycles. The maximum absolute atomic E-state index is 11.7. The Hall–Kier alpha value is -1.68. The lowest BCUT2D eigenvalue weighted by molar-refractivity contribution is 0.0958. The van der Waals surface area contributed by atoms with Gasteiger partial charge in [-0.05, 0) is 12.1 Å². The van der Waals surface area contributed by atoms with E-state index in [0.29, 0.717) is 5.56 Å². The van der Waals surface area contributed by atoms with Crippen LogP contribution in [-0.4, -0.2) is 10.5 Å². The largest absolute Gasteiger partial charge is 0.314 e. The first-order valence-corrected chi connectivity index (χ1v) is 4.93. The molecule has 14 heavy (non-hydrogen) atoms. The Morgan fingerprint density at radius 2 is 1.93 bits per heavy atom. The molecule has 4 heteroatoms. The van der Waals surface area contributed by atoms with Gasteiger partial charge >= 0.3 is 4.87 Å². The van der Waals surface area contributed by atoms with Crippen LogP contribution in [0.2, 0.25) is 0 Å². The molecule has 0 spiro atoms. The molecule has 2 aromatic rings. The van der Waals surface area contributed by atoms with Crippen LogP contribution in [0.15, 0.2) is 46.7 Å². The van der Waals surface area contributed by atoms with Gasteiger partial charge < -0.3 is 0 Å². The van der Waals surface area contributed by atoms with Crippen molar-refractivity contribution in [3.05, 3.63) is 57.1 Å². The van der Waals surface area contributed by atoms with Crippen LogP contribution in [0.4, 0.5) is 0 Å². The number of thiazole rings is 1. The number of hydrogen-bond donors (Lipinski definition) is 0. The molecular formula is C10H7NO2S. The van der Waals surface area contributed by atoms with E-state index in [9.17, 15) is 9.59 Å². The van der Waals surface area contributed by atoms with Gasteiger partial charge in [0.05, 0.1) is 0 Å². The van der Waals surface area contributed by atoms with Gasteiger partial charge in [-0.1, -0.05) is 29.5 Å². The van der Waals surface area contributed by atoms with E-state index in [1.54, 1.807) is 29.6 Å². The zero-order valence-electron chi connectivity index (χ0n) is 7.21. The highest BCUT2D eigenvalue weighted by molar-refractivity contribution is 7.07. The molecule has 0 radical (unpaired) electrons. The third-order valence-corrected chi connectivity index (χ3v) is 2.47. The summed E-state index contributed by atoms with van der Waals surface area (Å²) in [5.41, 5.74) is 0.521. The SMILES string of the molecule is O=C(c1ccccc1)n1ccsc1=O. The third-order valence-electron chi connectivity index (χ3n) is 1.82. The lowest BCUT2D eigenvalue weighted by atomic mass is 10.2. The van der Waals surface area contributed by atoms with Crippen molar-refractivity contribution in [1.29, 1.82) is 0 Å². The highest BCUT2D eigenvalue weighted by atomic mass is 32.1. The molecule has 0 saturated heterocycles. The Bertz CT molecular complexity index is 498. The van der Waals surface area contributed by atoms with E-state index in [1.165, 1.54) is 6.20 Å². The quantitative estimate of drug-likeness (QED) is 0.709. The monoisotopic (exact) mass is 205 g/mol. The van der Waals surface area contributed by atoms with Gasteiger partial charge in [-0.3, -0.25) is 9.59 Å². The van der Waals surface area contributed by atoms with E-state index in [0.717, 1.165) is 15.9 Å². The predicted octanol–water partition coefficient (Wildman–Crippen LogP) is 1.60. The Labute approximate surface area is 84.2 Å². The molecule has 2 rings (SSSR count). The molecule has 0 N–H and O–H groups in total. The molecule has 0 unspecified atom stereocenters. The average Bonchev–Trinajstić information content (AvgIpc) is 2.65. The van der Waals surface area contributed by atoms with Crippen LogP contribution < -0.4 is 4.87 Å². The molecule has 0 aliphatic rings. The third kappa shape index (κ3) is 1.52. The fourth-order valence-corrected chi connectivity index (χ4v) is 1.69. The van der Waals surface area contributed by atoms with Crippen LogP contribution >= 0.6 is 11.3 Å². The van der Waals surface area contributed by atoms with E-state index in [1.807, 2.05) is 6.07 Å². The zero-order chi connectivity index (χ0) is 9.97. The minimum absolute atomic E-state index is 0.251. The summed E-state index contributed by atoms with van der Waals surface area (Å²) in [6.45, 7) is 0. The Balaban J connectivity index is 2.44. The van der Waals surface area contributed by atoms with Crippen LogP contribution in [0, 0.1) is 0 Å². The number of nitrogens with zero attached hydrogens (tertiary/aromatic N) is 1. The number of carbonyl (C=O) groups excluding carboxylic acids is 1. The van der Waals surface area contributed by atoms with Crippen molar-refractivity contribution in [3.63, 3.8) is 0 Å². The molecule has 0 aliphatic carbocycles. The summed E-state index contributed by atoms with van der Waals surface area (Å²) in [5, 5.41) is 1.60. The second-order valence-corrected chi connectivity index (χ2v) is 3.57. The Kier molecular flexibility index (Phi) is 2.28. The highest BCUT2D eigenvalue weighted by Crippen LogP contribution is 2.01. The van der Waals surface area contributed by atoms with Crippen molar-refractivity contribution in [2.24, 2.45) is 0 Å². The van der Waals surface area contributed by atoms with Crippen molar-refractivity contribution < 1.29 is 4.79 Å². The summed E-state index contributed by atoms with van der Waals surface area (Å²) in [6.07, 6.45) is 1.49. The highest BCUT2D eigenvalue weighted by Gasteiger charge is 2.09. The van der Waals surface area contributed by atoms with Crippen molar-refractivity contribution >= 4 is 17.2 Å². The van der Waals surface area contributed by atoms with Crippen molar-refractivity contribution in [1.82, 2.24) is 4.57 Å². The van der Waals surface area contributed by atoms with Crippen molar-refractivity contribution in [2.75, 3.05) is 0 Å². The first kappa shape index (κ1) is 8.90. The summed E-state index contributed by atoms with van der Waals surface area (Å²) in [7, 11) is 0. The fraction of sp³-hybridized carbons (Fsp3) is 0. The zero-order valence-corrected chi connectivity index (χ0v) is 8.03. The molecule has 0 saturated carbocycles. The minimum Gasteiger partial charge on any atom is -0.268 e. The normalized spacial score (nSPS) is 10.0. The van der Waals surface area contributed by atoms with Gasteiger partial charge in [0.15, 0.2) is 0 Å². The molecule has 70 valence electrons. The van der Waals surface area contributed by atoms with Crippen LogP contribution in [0.3, 0.4) is 0 Å². The summed E-state index contributed by atoms with van der Waals surface area (Å²) < 4.78 is 1.11. The Morgan fingerprint density at radius 3 is 2.50 bits per heavy atom. The molecule has 0 amide bonds. The topological polar surface area (TPSA) is 39.1 Å². The van der Waals surface area contributed by atoms with E-state index in [4.69, 9.17) is 0 Å². The molecule has 0 bridgehead atoms. The first-order valence-electron chi connectivity index (χ1n) is 4.05. The summed E-state index contributed by atoms with van der Waals surface area (Å²) in [4.78, 5) is 22.6. The molecule has 1 aromatic carbocycles. The predicted molar refractivity (Wildman–Crippen MR) is 54.7 cm³/mol. The molecule has 0 atom stereocenters. The maximum Gasteiger partial charge on any atom is 0.314 e. The Morgan fingerprint density at radius 1 is 1.21 bits per heavy atom. The lowest BCUT2D eigenvalue weighted by Crippen LogP contribution is -2.21. The fourth-order valence-electron chi connectivity index (χ4n) is 1.14. The van der Waals surface area contributed by atoms with Crippen LogP contribution in [0.25, 0.3) is 0 Å². The summed E-state index contributed by atoms with van der Waals surface area (Å²) in [6, 6.07) is 8.74. The van der Waals surface area contributed by atoms with Gasteiger partial charge in [0.2, 0.25) is 0 Å². The molecule has 3 nitrogen and oxygen atoms in total. The average molecular weight is 205 g/mol. The van der Waals surface area contributed by atoms with Crippen molar-refractivity contribution in [3.8, 4) is 0 Å². The lowest BCUT2D eigenvalue weighted by Gasteiger charge is -1.98. The summed E-state index contributed by atoms with van der Waals surface area (Å²) >= 11 is 1.01. The van der Waals surface area contributed by atoms with Crippen molar-refractivity contribution in [2.45, 2.75) is 0 Å². The van der Waals surface area contributed by atoms with Gasteiger partial charge in [-0.15, -0.1) is 0 Å². The van der Waals surface area contributed by atoms with Crippen LogP contribution in [-0.2, 0) is 0 Å². The molecular weight excluding hydrogens is 198 g/mol. The second-order valence-electron chi connectivity index (χ2n) is 2.71. The van der Waals surface area contributed by atoms with E-state index < -0.39 is 0 Å². The van der Waals surface area contributed by atoms with Gasteiger partial charge in [0.25, 0.3) is 5.91 Å². The number of carbonyl (C=O) groups is 1. The number of hydrogen-bond acceptors (Lipinski definition) is 3. The standard InChI is InChI=1S/C10H7NO2S/c12-9(8-4-2-1-3-5-8)11-6-7-14-10(11)13/h1-7H. The molecule has 0 fully saturated rings. The maximum atomic E-state index is 11.7. The minimum atomic E-state index is -0.281. The summed E-state index contributed by atoms with van der Waals surface area (Å²) in [5.74, 6) is -0.281. The molecule has 0 aliphatic heterocycles. The number of benzene rings is 1. The van der Waals surface area contributed by atoms with Gasteiger partial charge in [-0.2, -0.15) is 0 Å². The molecule has 1 heterocycles. The van der Waals surface area contributed by atoms with Gasteiger partial charge in [0.1, 0.15) is 0 Å². The van der Waals surface area contributed by atoms with E-state index >= 15 is 0 Å². The van der Waals surface area contributed by atoms with Gasteiger partial charge in [0, 0.05) is 17.1 Å².